The van der Waals surface area contributed by atoms with Gasteiger partial charge in [0, 0.05) is 34.7 Å². The van der Waals surface area contributed by atoms with Crippen molar-refractivity contribution < 1.29 is 23.7 Å². The summed E-state index contributed by atoms with van der Waals surface area (Å²) in [5, 5.41) is 12.8. The van der Waals surface area contributed by atoms with Crippen LogP contribution in [0.15, 0.2) is 77.7 Å². The van der Waals surface area contributed by atoms with Gasteiger partial charge in [0.1, 0.15) is 5.82 Å². The van der Waals surface area contributed by atoms with E-state index in [2.05, 4.69) is 5.32 Å². The van der Waals surface area contributed by atoms with Crippen LogP contribution in [0, 0.1) is 15.9 Å². The maximum absolute atomic E-state index is 13.1. The van der Waals surface area contributed by atoms with E-state index >= 15 is 0 Å². The number of nitrogens with zero attached hydrogens (tertiary/aromatic N) is 2. The van der Waals surface area contributed by atoms with E-state index in [1.54, 1.807) is 24.3 Å². The normalized spacial score (nSPS) is 15.5. The molecule has 1 N–H and O–H groups in total. The average molecular weight is 465 g/mol. The molecular formula is C23H16FN3O5S. The predicted octanol–water partition coefficient (Wildman–Crippen LogP) is 4.41. The zero-order valence-corrected chi connectivity index (χ0v) is 17.8. The molecule has 10 heteroatoms. The summed E-state index contributed by atoms with van der Waals surface area (Å²) < 4.78 is 13.1. The molecule has 0 bridgehead atoms. The van der Waals surface area contributed by atoms with Gasteiger partial charge in [0.05, 0.1) is 15.9 Å². The van der Waals surface area contributed by atoms with Crippen LogP contribution in [0.4, 0.5) is 21.5 Å². The summed E-state index contributed by atoms with van der Waals surface area (Å²) in [6.07, 6.45) is 0.0273. The highest BCUT2D eigenvalue weighted by Gasteiger charge is 2.40. The van der Waals surface area contributed by atoms with E-state index in [4.69, 9.17) is 0 Å². The molecule has 3 aromatic rings. The molecule has 4 rings (SSSR count). The van der Waals surface area contributed by atoms with E-state index in [0.29, 0.717) is 11.4 Å². The Bertz CT molecular complexity index is 1230. The van der Waals surface area contributed by atoms with Crippen LogP contribution in [-0.2, 0) is 9.59 Å². The molecule has 0 spiro atoms. The number of imide groups is 1. The Balaban J connectivity index is 1.39. The number of amides is 3. The molecule has 8 nitrogen and oxygen atoms in total. The number of nitrogens with one attached hydrogen (secondary N) is 1. The first-order chi connectivity index (χ1) is 15.8. The molecule has 1 atom stereocenters. The number of carbonyl (C=O) groups excluding carboxylic acids is 3. The summed E-state index contributed by atoms with van der Waals surface area (Å²) in [6.45, 7) is 0. The van der Waals surface area contributed by atoms with Gasteiger partial charge in [-0.05, 0) is 60.7 Å². The molecule has 166 valence electrons. The van der Waals surface area contributed by atoms with Gasteiger partial charge < -0.3 is 5.32 Å². The van der Waals surface area contributed by atoms with Crippen molar-refractivity contribution in [1.82, 2.24) is 0 Å². The number of benzene rings is 3. The van der Waals surface area contributed by atoms with Crippen LogP contribution in [-0.4, -0.2) is 27.9 Å². The molecule has 0 aliphatic carbocycles. The third-order valence-electron chi connectivity index (χ3n) is 4.92. The minimum atomic E-state index is -0.608. The van der Waals surface area contributed by atoms with Crippen molar-refractivity contribution in [3.63, 3.8) is 0 Å². The summed E-state index contributed by atoms with van der Waals surface area (Å²) in [5.41, 5.74) is 1.00. The molecule has 0 radical (unpaired) electrons. The Morgan fingerprint density at radius 3 is 2.24 bits per heavy atom. The Hall–Kier alpha value is -4.05. The molecule has 1 aliphatic rings. The molecular weight excluding hydrogens is 449 g/mol. The fourth-order valence-electron chi connectivity index (χ4n) is 3.28. The van der Waals surface area contributed by atoms with Gasteiger partial charge in [-0.2, -0.15) is 0 Å². The zero-order valence-electron chi connectivity index (χ0n) is 16.9. The van der Waals surface area contributed by atoms with Crippen LogP contribution >= 0.6 is 11.8 Å². The van der Waals surface area contributed by atoms with E-state index in [-0.39, 0.29) is 29.5 Å². The summed E-state index contributed by atoms with van der Waals surface area (Å²) in [5.74, 6) is -1.59. The molecule has 3 aromatic carbocycles. The van der Waals surface area contributed by atoms with E-state index in [1.807, 2.05) is 0 Å². The van der Waals surface area contributed by atoms with Crippen LogP contribution < -0.4 is 10.2 Å². The Morgan fingerprint density at radius 2 is 1.64 bits per heavy atom. The average Bonchev–Trinajstić information content (AvgIpc) is 3.08. The number of anilines is 2. The van der Waals surface area contributed by atoms with Crippen LogP contribution in [0.5, 0.6) is 0 Å². The minimum absolute atomic E-state index is 0.0273. The van der Waals surface area contributed by atoms with Crippen LogP contribution in [0.1, 0.15) is 16.8 Å². The molecule has 0 aromatic heterocycles. The number of hydrogen-bond acceptors (Lipinski definition) is 6. The fraction of sp³-hybridized carbons (Fsp3) is 0.0870. The number of nitro benzene ring substituents is 1. The number of thioether (sulfide) groups is 1. The Morgan fingerprint density at radius 1 is 1.00 bits per heavy atom. The SMILES string of the molecule is O=C(Nc1ccc(SC2CC(=O)N(c3ccc(F)cc3)C2=O)cc1)c1ccc([N+](=O)[O-])cc1. The second-order valence-corrected chi connectivity index (χ2v) is 8.41. The molecule has 33 heavy (non-hydrogen) atoms. The second kappa shape index (κ2) is 9.21. The highest BCUT2D eigenvalue weighted by atomic mass is 32.2. The van der Waals surface area contributed by atoms with Gasteiger partial charge in [0.25, 0.3) is 11.6 Å². The molecule has 3 amide bonds. The van der Waals surface area contributed by atoms with E-state index in [0.717, 1.165) is 9.80 Å². The molecule has 1 aliphatic heterocycles. The maximum atomic E-state index is 13.1. The first-order valence-corrected chi connectivity index (χ1v) is 10.6. The van der Waals surface area contributed by atoms with Crippen molar-refractivity contribution in [1.29, 1.82) is 0 Å². The Kier molecular flexibility index (Phi) is 6.18. The van der Waals surface area contributed by atoms with Crippen molar-refractivity contribution in [3.05, 3.63) is 94.3 Å². The number of non-ortho nitro benzene ring substituents is 1. The van der Waals surface area contributed by atoms with Crippen molar-refractivity contribution in [2.45, 2.75) is 16.6 Å². The molecule has 1 fully saturated rings. The van der Waals surface area contributed by atoms with E-state index < -0.39 is 21.9 Å². The lowest BCUT2D eigenvalue weighted by molar-refractivity contribution is -0.384. The smallest absolute Gasteiger partial charge is 0.269 e. The maximum Gasteiger partial charge on any atom is 0.269 e. The fourth-order valence-corrected chi connectivity index (χ4v) is 4.33. The summed E-state index contributed by atoms with van der Waals surface area (Å²) >= 11 is 1.23. The number of halogens is 1. The molecule has 1 unspecified atom stereocenters. The van der Waals surface area contributed by atoms with Crippen LogP contribution in [0.25, 0.3) is 0 Å². The lowest BCUT2D eigenvalue weighted by Gasteiger charge is -2.15. The number of rotatable bonds is 6. The predicted molar refractivity (Wildman–Crippen MR) is 121 cm³/mol. The quantitative estimate of drug-likeness (QED) is 0.328. The summed E-state index contributed by atoms with van der Waals surface area (Å²) in [7, 11) is 0. The first kappa shape index (κ1) is 22.2. The third-order valence-corrected chi connectivity index (χ3v) is 6.12. The molecule has 0 saturated carbocycles. The Labute approximate surface area is 191 Å². The van der Waals surface area contributed by atoms with Gasteiger partial charge in [-0.3, -0.25) is 24.5 Å². The van der Waals surface area contributed by atoms with Gasteiger partial charge in [-0.25, -0.2) is 9.29 Å². The van der Waals surface area contributed by atoms with E-state index in [9.17, 15) is 28.9 Å². The zero-order chi connectivity index (χ0) is 23.5. The van der Waals surface area contributed by atoms with Crippen molar-refractivity contribution in [2.24, 2.45) is 0 Å². The highest BCUT2D eigenvalue weighted by molar-refractivity contribution is 8.00. The minimum Gasteiger partial charge on any atom is -0.322 e. The standard InChI is InChI=1S/C23H16FN3O5S/c24-15-3-9-17(10-4-15)26-21(28)13-20(23(26)30)33-19-11-5-16(6-12-19)25-22(29)14-1-7-18(8-2-14)27(31)32/h1-12,20H,13H2,(H,25,29). The van der Waals surface area contributed by atoms with Gasteiger partial charge in [0.2, 0.25) is 11.8 Å². The topological polar surface area (TPSA) is 110 Å². The highest BCUT2D eigenvalue weighted by Crippen LogP contribution is 2.34. The van der Waals surface area contributed by atoms with Gasteiger partial charge in [-0.15, -0.1) is 11.8 Å². The molecule has 1 saturated heterocycles. The van der Waals surface area contributed by atoms with Crippen LogP contribution in [0.3, 0.4) is 0 Å². The monoisotopic (exact) mass is 465 g/mol. The lowest BCUT2D eigenvalue weighted by atomic mass is 10.2. The summed E-state index contributed by atoms with van der Waals surface area (Å²) in [4.78, 5) is 49.4. The lowest BCUT2D eigenvalue weighted by Crippen LogP contribution is -2.31. The number of nitro groups is 1. The van der Waals surface area contributed by atoms with Crippen molar-refractivity contribution in [2.75, 3.05) is 10.2 Å². The second-order valence-electron chi connectivity index (χ2n) is 7.14. The van der Waals surface area contributed by atoms with Gasteiger partial charge >= 0.3 is 0 Å². The van der Waals surface area contributed by atoms with Gasteiger partial charge in [0.15, 0.2) is 0 Å². The van der Waals surface area contributed by atoms with Crippen molar-refractivity contribution >= 4 is 46.5 Å². The number of carbonyl (C=O) groups is 3. The summed E-state index contributed by atoms with van der Waals surface area (Å²) in [6, 6.07) is 17.2. The number of hydrogen-bond donors (Lipinski definition) is 1. The molecule has 1 heterocycles. The van der Waals surface area contributed by atoms with Gasteiger partial charge in [-0.1, -0.05) is 0 Å². The largest absolute Gasteiger partial charge is 0.322 e. The van der Waals surface area contributed by atoms with E-state index in [1.165, 1.54) is 60.3 Å². The van der Waals surface area contributed by atoms with Crippen molar-refractivity contribution in [3.8, 4) is 0 Å². The van der Waals surface area contributed by atoms with Crippen LogP contribution in [0.2, 0.25) is 0 Å². The third kappa shape index (κ3) is 4.90. The first-order valence-electron chi connectivity index (χ1n) is 9.77.